The van der Waals surface area contributed by atoms with Crippen LogP contribution in [0.3, 0.4) is 0 Å². The van der Waals surface area contributed by atoms with Gasteiger partial charge in [-0.1, -0.05) is 86.4 Å². The van der Waals surface area contributed by atoms with E-state index in [-0.39, 0.29) is 30.0 Å². The molecule has 0 heterocycles. The van der Waals surface area contributed by atoms with Crippen LogP contribution < -0.4 is 4.52 Å². The second-order valence-corrected chi connectivity index (χ2v) is 12.5. The number of para-hydroxylation sites is 1. The number of methoxy groups -OCH3 is 1. The molecule has 0 aliphatic rings. The van der Waals surface area contributed by atoms with Crippen molar-refractivity contribution in [3.63, 3.8) is 0 Å². The van der Waals surface area contributed by atoms with E-state index in [0.717, 1.165) is 44.1 Å². The summed E-state index contributed by atoms with van der Waals surface area (Å²) in [6.45, 7) is 7.25. The Morgan fingerprint density at radius 1 is 0.905 bits per heavy atom. The summed E-state index contributed by atoms with van der Waals surface area (Å²) in [6, 6.07) is 10.6. The Hall–Kier alpha value is -1.93. The minimum absolute atomic E-state index is 0.0760. The SMILES string of the molecule is CO[C@H](COCCCCCCCCCCCC(=O)OCc1c(C)cc(C)cc1C)COP(=O)(O)Oc1ccccc1Cl. The molecule has 0 amide bonds. The fraction of sp³-hybridized carbons (Fsp3) is 0.594. The van der Waals surface area contributed by atoms with E-state index >= 15 is 0 Å². The molecule has 2 aromatic carbocycles. The monoisotopic (exact) mass is 626 g/mol. The van der Waals surface area contributed by atoms with Crippen LogP contribution in [-0.2, 0) is 34.7 Å². The number of halogens is 1. The quantitative estimate of drug-likeness (QED) is 0.0789. The van der Waals surface area contributed by atoms with Crippen LogP contribution in [0.1, 0.15) is 86.5 Å². The Morgan fingerprint density at radius 3 is 2.12 bits per heavy atom. The first-order valence-corrected chi connectivity index (χ1v) is 16.7. The third-order valence-electron chi connectivity index (χ3n) is 7.00. The number of esters is 1. The smallest absolute Gasteiger partial charge is 0.461 e. The Labute approximate surface area is 256 Å². The normalized spacial score (nSPS) is 13.5. The number of ether oxygens (including phenoxy) is 3. The number of benzene rings is 2. The molecular weight excluding hydrogens is 579 g/mol. The van der Waals surface area contributed by atoms with Gasteiger partial charge in [0.15, 0.2) is 0 Å². The summed E-state index contributed by atoms with van der Waals surface area (Å²) in [7, 11) is -2.85. The summed E-state index contributed by atoms with van der Waals surface area (Å²) < 4.78 is 38.7. The van der Waals surface area contributed by atoms with Gasteiger partial charge < -0.3 is 18.7 Å². The maximum Gasteiger partial charge on any atom is 0.527 e. The third-order valence-corrected chi connectivity index (χ3v) is 8.21. The fourth-order valence-electron chi connectivity index (χ4n) is 4.62. The van der Waals surface area contributed by atoms with E-state index in [1.54, 1.807) is 18.2 Å². The lowest BCUT2D eigenvalue weighted by Crippen LogP contribution is -2.24. The number of unbranched alkanes of at least 4 members (excludes halogenated alkanes) is 8. The largest absolute Gasteiger partial charge is 0.527 e. The highest BCUT2D eigenvalue weighted by Crippen LogP contribution is 2.45. The van der Waals surface area contributed by atoms with Gasteiger partial charge in [0.25, 0.3) is 0 Å². The molecule has 2 aromatic rings. The first kappa shape index (κ1) is 36.3. The highest BCUT2D eigenvalue weighted by Gasteiger charge is 2.26. The van der Waals surface area contributed by atoms with Gasteiger partial charge in [0.2, 0.25) is 0 Å². The van der Waals surface area contributed by atoms with Crippen molar-refractivity contribution in [1.82, 2.24) is 0 Å². The van der Waals surface area contributed by atoms with Crippen molar-refractivity contribution in [2.45, 2.75) is 97.7 Å². The van der Waals surface area contributed by atoms with Crippen LogP contribution in [0.5, 0.6) is 5.75 Å². The number of phosphoric acid groups is 1. The van der Waals surface area contributed by atoms with E-state index in [1.807, 2.05) is 0 Å². The number of hydrogen-bond acceptors (Lipinski definition) is 7. The Morgan fingerprint density at radius 2 is 1.50 bits per heavy atom. The molecule has 0 fully saturated rings. The molecular formula is C32H48ClO8P. The summed E-state index contributed by atoms with van der Waals surface area (Å²) in [5, 5.41) is 0.219. The highest BCUT2D eigenvalue weighted by atomic mass is 35.5. The van der Waals surface area contributed by atoms with Crippen LogP contribution in [-0.4, -0.2) is 43.9 Å². The van der Waals surface area contributed by atoms with Gasteiger partial charge in [-0.15, -0.1) is 0 Å². The molecule has 10 heteroatoms. The zero-order valence-electron chi connectivity index (χ0n) is 25.6. The van der Waals surface area contributed by atoms with E-state index in [2.05, 4.69) is 32.9 Å². The second kappa shape index (κ2) is 20.1. The molecule has 0 aliphatic carbocycles. The zero-order chi connectivity index (χ0) is 30.8. The van der Waals surface area contributed by atoms with Crippen molar-refractivity contribution >= 4 is 25.4 Å². The Bertz CT molecular complexity index is 1100. The summed E-state index contributed by atoms with van der Waals surface area (Å²) >= 11 is 5.96. The van der Waals surface area contributed by atoms with Crippen LogP contribution in [0.4, 0.5) is 0 Å². The molecule has 8 nitrogen and oxygen atoms in total. The molecule has 236 valence electrons. The van der Waals surface area contributed by atoms with E-state index < -0.39 is 13.9 Å². The van der Waals surface area contributed by atoms with Crippen molar-refractivity contribution in [2.24, 2.45) is 0 Å². The maximum absolute atomic E-state index is 12.2. The molecule has 0 bridgehead atoms. The van der Waals surface area contributed by atoms with Crippen LogP contribution in [0.25, 0.3) is 0 Å². The van der Waals surface area contributed by atoms with Gasteiger partial charge in [-0.05, 0) is 62.4 Å². The molecule has 0 saturated carbocycles. The fourth-order valence-corrected chi connectivity index (χ4v) is 5.66. The molecule has 2 rings (SSSR count). The lowest BCUT2D eigenvalue weighted by Gasteiger charge is -2.18. The maximum atomic E-state index is 12.2. The van der Waals surface area contributed by atoms with Gasteiger partial charge in [0, 0.05) is 20.1 Å². The molecule has 2 atom stereocenters. The lowest BCUT2D eigenvalue weighted by molar-refractivity contribution is -0.145. The third kappa shape index (κ3) is 15.0. The Kier molecular flexibility index (Phi) is 17.4. The van der Waals surface area contributed by atoms with Crippen molar-refractivity contribution in [3.8, 4) is 5.75 Å². The van der Waals surface area contributed by atoms with Crippen molar-refractivity contribution < 1.29 is 37.5 Å². The predicted molar refractivity (Wildman–Crippen MR) is 166 cm³/mol. The Balaban J connectivity index is 1.41. The molecule has 0 radical (unpaired) electrons. The number of aryl methyl sites for hydroxylation is 3. The first-order valence-electron chi connectivity index (χ1n) is 14.9. The van der Waals surface area contributed by atoms with Crippen LogP contribution in [0.2, 0.25) is 5.02 Å². The summed E-state index contributed by atoms with van der Waals surface area (Å²) in [5.41, 5.74) is 4.69. The molecule has 0 aromatic heterocycles. The molecule has 0 aliphatic heterocycles. The number of hydrogen-bond donors (Lipinski definition) is 1. The lowest BCUT2D eigenvalue weighted by atomic mass is 10.0. The van der Waals surface area contributed by atoms with Gasteiger partial charge in [-0.3, -0.25) is 14.2 Å². The van der Waals surface area contributed by atoms with Crippen molar-refractivity contribution in [1.29, 1.82) is 0 Å². The second-order valence-electron chi connectivity index (χ2n) is 10.7. The standard InChI is InChI=1S/C32H48ClO8P/c1-25-20-26(2)29(27(3)21-25)24-39-32(34)18-12-10-8-6-5-7-9-11-15-19-38-22-28(37-4)23-40-42(35,36)41-31-17-14-13-16-30(31)33/h13-14,16-17,20-21,28H,5-12,15,18-19,22-24H2,1-4H3,(H,35,36)/t28-/m1/s1. The zero-order valence-corrected chi connectivity index (χ0v) is 27.2. The highest BCUT2D eigenvalue weighted by molar-refractivity contribution is 7.47. The average Bonchev–Trinajstić information content (AvgIpc) is 2.93. The molecule has 0 saturated heterocycles. The van der Waals surface area contributed by atoms with Gasteiger partial charge in [0.1, 0.15) is 18.5 Å². The molecule has 42 heavy (non-hydrogen) atoms. The number of phosphoric ester groups is 1. The number of carbonyl (C=O) groups is 1. The van der Waals surface area contributed by atoms with E-state index in [0.29, 0.717) is 19.6 Å². The molecule has 0 spiro atoms. The van der Waals surface area contributed by atoms with Gasteiger partial charge >= 0.3 is 13.8 Å². The predicted octanol–water partition coefficient (Wildman–Crippen LogP) is 8.44. The van der Waals surface area contributed by atoms with E-state index in [4.69, 9.17) is 34.9 Å². The first-order chi connectivity index (χ1) is 20.1. The molecule has 1 N–H and O–H groups in total. The summed E-state index contributed by atoms with van der Waals surface area (Å²) in [5.74, 6) is -0.0381. The topological polar surface area (TPSA) is 101 Å². The van der Waals surface area contributed by atoms with Crippen LogP contribution in [0.15, 0.2) is 36.4 Å². The van der Waals surface area contributed by atoms with Gasteiger partial charge in [-0.25, -0.2) is 4.57 Å². The van der Waals surface area contributed by atoms with Gasteiger partial charge in [0.05, 0.1) is 18.2 Å². The summed E-state index contributed by atoms with van der Waals surface area (Å²) in [6.07, 6.45) is 9.77. The van der Waals surface area contributed by atoms with E-state index in [9.17, 15) is 14.3 Å². The van der Waals surface area contributed by atoms with Crippen LogP contribution in [0, 0.1) is 20.8 Å². The number of rotatable bonds is 22. The van der Waals surface area contributed by atoms with Crippen molar-refractivity contribution in [3.05, 3.63) is 63.7 Å². The summed E-state index contributed by atoms with van der Waals surface area (Å²) in [4.78, 5) is 22.1. The minimum atomic E-state index is -4.34. The van der Waals surface area contributed by atoms with Gasteiger partial charge in [-0.2, -0.15) is 0 Å². The van der Waals surface area contributed by atoms with Crippen LogP contribution >= 0.6 is 19.4 Å². The minimum Gasteiger partial charge on any atom is -0.461 e. The number of carbonyl (C=O) groups excluding carboxylic acids is 1. The molecule has 1 unspecified atom stereocenters. The van der Waals surface area contributed by atoms with Crippen molar-refractivity contribution in [2.75, 3.05) is 26.9 Å². The van der Waals surface area contributed by atoms with E-state index in [1.165, 1.54) is 49.1 Å². The average molecular weight is 627 g/mol.